The van der Waals surface area contributed by atoms with E-state index in [0.717, 1.165) is 112 Å². The molecule has 0 radical (unpaired) electrons. The fourth-order valence-electron chi connectivity index (χ4n) is 12.5. The molecule has 9 aromatic rings. The second-order valence-electron chi connectivity index (χ2n) is 25.7. The van der Waals surface area contributed by atoms with Crippen molar-refractivity contribution < 1.29 is 33.3 Å². The lowest BCUT2D eigenvalue weighted by molar-refractivity contribution is -0.118. The summed E-state index contributed by atoms with van der Waals surface area (Å²) in [4.78, 5) is 52.7. The van der Waals surface area contributed by atoms with Gasteiger partial charge in [0.05, 0.1) is 60.3 Å². The number of methoxy groups -OCH3 is 1. The zero-order valence-electron chi connectivity index (χ0n) is 57.2. The number of amides is 3. The second-order valence-corrected chi connectivity index (χ2v) is 25.7. The van der Waals surface area contributed by atoms with Crippen LogP contribution in [-0.2, 0) is 31.0 Å². The van der Waals surface area contributed by atoms with Crippen molar-refractivity contribution >= 4 is 51.2 Å². The monoisotopic (exact) mass is 1310 g/mol. The number of hydrogen-bond donors (Lipinski definition) is 6. The predicted molar refractivity (Wildman–Crippen MR) is 380 cm³/mol. The van der Waals surface area contributed by atoms with E-state index in [0.29, 0.717) is 60.1 Å². The first-order chi connectivity index (χ1) is 47.0. The van der Waals surface area contributed by atoms with E-state index in [-0.39, 0.29) is 17.7 Å². The van der Waals surface area contributed by atoms with Crippen LogP contribution in [-0.4, -0.2) is 90.2 Å². The number of unbranched alkanes of at least 4 members (excludes halogenated alkanes) is 6. The number of aromatic nitrogens is 9. The van der Waals surface area contributed by atoms with Gasteiger partial charge in [-0.2, -0.15) is 15.3 Å². The fraction of sp³-hybridized carbons (Fsp3) is 0.346. The Labute approximate surface area is 568 Å². The smallest absolute Gasteiger partial charge is 0.256 e. The van der Waals surface area contributed by atoms with Crippen molar-refractivity contribution in [1.82, 2.24) is 61.5 Å². The van der Waals surface area contributed by atoms with Crippen molar-refractivity contribution in [2.45, 2.75) is 149 Å². The molecule has 0 bridgehead atoms. The molecule has 3 aliphatic heterocycles. The summed E-state index contributed by atoms with van der Waals surface area (Å²) in [6.07, 6.45) is 16.4. The highest BCUT2D eigenvalue weighted by molar-refractivity contribution is 6.29. The summed E-state index contributed by atoms with van der Waals surface area (Å²) >= 11 is 0. The highest BCUT2D eigenvalue weighted by atomic mass is 16.5. The maximum atomic E-state index is 13.3. The van der Waals surface area contributed by atoms with Gasteiger partial charge in [0.25, 0.3) is 17.7 Å². The van der Waals surface area contributed by atoms with Gasteiger partial charge in [0.1, 0.15) is 42.0 Å². The van der Waals surface area contributed by atoms with E-state index in [4.69, 9.17) is 18.9 Å². The highest BCUT2D eigenvalue weighted by Crippen LogP contribution is 2.45. The van der Waals surface area contributed by atoms with Crippen molar-refractivity contribution in [3.63, 3.8) is 0 Å². The maximum Gasteiger partial charge on any atom is 0.256 e. The molecule has 6 aromatic carbocycles. The Kier molecular flexibility index (Phi) is 23.1. The third kappa shape index (κ3) is 17.2. The summed E-state index contributed by atoms with van der Waals surface area (Å²) < 4.78 is 22.8. The minimum atomic E-state index is -0.586. The lowest BCUT2D eigenvalue weighted by Gasteiger charge is -2.37. The number of H-pyrrole nitrogens is 3. The SMILES string of the molecule is CCCCCCOc1ccc(C2(C)CC(c3ccc(C)cc3)=C(c3ncn[nH]3)C(=O)N2)cc1.CCCCCOc1ccc(C2(C)CC(c3ccc(C)cc3)=C(c3ncn[nH]3)C(=O)N2)cc1.CCCCOc1ccc(C2(C)CC(c3ccc(OC)cc3)=C(c3ncn[nH]3)C(=O)N2)cc1. The summed E-state index contributed by atoms with van der Waals surface area (Å²) in [5, 5.41) is 30.0. The van der Waals surface area contributed by atoms with Gasteiger partial charge in [0, 0.05) is 19.3 Å². The average molecular weight is 1310 g/mol. The highest BCUT2D eigenvalue weighted by Gasteiger charge is 2.42. The standard InChI is InChI=1S/C27H32N4O2.C26H30N4O2.C25H28N4O3/c1-4-5-6-7-16-33-22-14-12-21(13-15-22)27(3)17-23(20-10-8-19(2)9-11-20)24(26(32)30-27)25-28-18-29-31-25;1-4-5-6-15-32-21-13-11-20(12-14-21)26(3)16-22(19-9-7-18(2)8-10-19)23(25(31)29-26)24-27-17-28-30-24;1-4-5-14-32-20-12-8-18(9-13-20)25(2)15-21(17-6-10-19(31-3)11-7-17)22(24(30)28-25)23-26-16-27-29-23/h8-15,18H,4-7,16-17H2,1-3H3,(H,30,32)(H,28,29,31);7-14,17H,4-6,15-16H2,1-3H3,(H,29,31)(H,27,28,30);6-13,16H,4-5,14-15H2,1-3H3,(H,28,30)(H,26,27,29). The minimum Gasteiger partial charge on any atom is -0.497 e. The predicted octanol–water partition coefficient (Wildman–Crippen LogP) is 14.8. The molecule has 0 aliphatic carbocycles. The van der Waals surface area contributed by atoms with Crippen LogP contribution in [0.25, 0.3) is 33.4 Å². The molecular weight excluding hydrogens is 1220 g/mol. The average Bonchev–Trinajstić information content (AvgIpc) is 1.49. The lowest BCUT2D eigenvalue weighted by Crippen LogP contribution is -2.47. The van der Waals surface area contributed by atoms with Crippen LogP contribution in [0, 0.1) is 13.8 Å². The molecular formula is C78H90N12O7. The molecule has 19 heteroatoms. The summed E-state index contributed by atoms with van der Waals surface area (Å²) in [5.41, 5.74) is 11.1. The van der Waals surface area contributed by atoms with Crippen LogP contribution in [0.3, 0.4) is 0 Å². The Balaban J connectivity index is 0.000000158. The van der Waals surface area contributed by atoms with Crippen molar-refractivity contribution in [2.75, 3.05) is 26.9 Å². The van der Waals surface area contributed by atoms with Gasteiger partial charge in [-0.1, -0.05) is 167 Å². The summed E-state index contributed by atoms with van der Waals surface area (Å²) in [6, 6.07) is 48.4. The first kappa shape index (κ1) is 69.4. The molecule has 6 heterocycles. The quantitative estimate of drug-likeness (QED) is 0.0292. The van der Waals surface area contributed by atoms with Crippen molar-refractivity contribution in [2.24, 2.45) is 0 Å². The summed E-state index contributed by atoms with van der Waals surface area (Å²) in [5.74, 6) is 4.22. The molecule has 3 aliphatic rings. The number of nitrogens with zero attached hydrogens (tertiary/aromatic N) is 6. The fourth-order valence-corrected chi connectivity index (χ4v) is 12.5. The van der Waals surface area contributed by atoms with Gasteiger partial charge in [0.15, 0.2) is 17.5 Å². The Morgan fingerprint density at radius 1 is 0.371 bits per heavy atom. The Bertz CT molecular complexity index is 4130. The van der Waals surface area contributed by atoms with Crippen LogP contribution >= 0.6 is 0 Å². The molecule has 3 aromatic heterocycles. The number of rotatable bonds is 25. The van der Waals surface area contributed by atoms with Crippen molar-refractivity contribution in [3.05, 3.63) is 227 Å². The molecule has 0 fully saturated rings. The Morgan fingerprint density at radius 2 is 0.660 bits per heavy atom. The van der Waals surface area contributed by atoms with E-state index in [2.05, 4.69) is 158 Å². The molecule has 3 atom stereocenters. The molecule has 19 nitrogen and oxygen atoms in total. The number of aryl methyl sites for hydroxylation is 2. The van der Waals surface area contributed by atoms with Gasteiger partial charge in [-0.15, -0.1) is 0 Å². The van der Waals surface area contributed by atoms with Gasteiger partial charge >= 0.3 is 0 Å². The minimum absolute atomic E-state index is 0.160. The van der Waals surface area contributed by atoms with Crippen molar-refractivity contribution in [3.8, 4) is 23.0 Å². The van der Waals surface area contributed by atoms with Crippen LogP contribution in [0.2, 0.25) is 0 Å². The van der Waals surface area contributed by atoms with Gasteiger partial charge in [-0.25, -0.2) is 15.0 Å². The molecule has 3 amide bonds. The summed E-state index contributed by atoms with van der Waals surface area (Å²) in [6.45, 7) is 19.0. The van der Waals surface area contributed by atoms with Gasteiger partial charge < -0.3 is 34.9 Å². The van der Waals surface area contributed by atoms with Crippen LogP contribution < -0.4 is 34.9 Å². The van der Waals surface area contributed by atoms with E-state index in [9.17, 15) is 14.4 Å². The summed E-state index contributed by atoms with van der Waals surface area (Å²) in [7, 11) is 1.63. The molecule has 0 saturated heterocycles. The Hall–Kier alpha value is -10.4. The molecule has 0 saturated carbocycles. The third-order valence-electron chi connectivity index (χ3n) is 18.1. The van der Waals surface area contributed by atoms with E-state index < -0.39 is 16.6 Å². The number of aromatic amines is 3. The molecule has 504 valence electrons. The zero-order chi connectivity index (χ0) is 68.4. The lowest BCUT2D eigenvalue weighted by atomic mass is 9.78. The number of nitrogens with one attached hydrogen (secondary N) is 6. The first-order valence-electron chi connectivity index (χ1n) is 33.8. The number of hydrogen-bond acceptors (Lipinski definition) is 13. The number of ether oxygens (including phenoxy) is 4. The maximum absolute atomic E-state index is 13.3. The van der Waals surface area contributed by atoms with Gasteiger partial charge in [-0.3, -0.25) is 29.7 Å². The zero-order valence-corrected chi connectivity index (χ0v) is 57.2. The molecule has 0 spiro atoms. The van der Waals surface area contributed by atoms with E-state index in [1.165, 1.54) is 62.2 Å². The molecule has 6 N–H and O–H groups in total. The second kappa shape index (κ2) is 32.3. The van der Waals surface area contributed by atoms with Gasteiger partial charge in [0.2, 0.25) is 0 Å². The molecule has 3 unspecified atom stereocenters. The number of benzene rings is 6. The number of carbonyl (C=O) groups is 3. The van der Waals surface area contributed by atoms with Crippen LogP contribution in [0.1, 0.15) is 181 Å². The van der Waals surface area contributed by atoms with Crippen molar-refractivity contribution in [1.29, 1.82) is 0 Å². The van der Waals surface area contributed by atoms with E-state index in [1.54, 1.807) is 7.11 Å². The topological polar surface area (TPSA) is 249 Å². The Morgan fingerprint density at radius 3 is 0.959 bits per heavy atom. The third-order valence-corrected chi connectivity index (χ3v) is 18.1. The van der Waals surface area contributed by atoms with E-state index >= 15 is 0 Å². The van der Waals surface area contributed by atoms with Crippen LogP contribution in [0.5, 0.6) is 23.0 Å². The van der Waals surface area contributed by atoms with Gasteiger partial charge in [-0.05, 0) is 153 Å². The normalized spacial score (nSPS) is 18.4. The molecule has 12 rings (SSSR count). The van der Waals surface area contributed by atoms with E-state index in [1.807, 2.05) is 104 Å². The van der Waals surface area contributed by atoms with Crippen LogP contribution in [0.4, 0.5) is 0 Å². The number of carbonyl (C=O) groups excluding carboxylic acids is 3. The molecule has 97 heavy (non-hydrogen) atoms. The van der Waals surface area contributed by atoms with Crippen LogP contribution in [0.15, 0.2) is 165 Å². The first-order valence-corrected chi connectivity index (χ1v) is 33.8. The largest absolute Gasteiger partial charge is 0.497 e.